The van der Waals surface area contributed by atoms with Gasteiger partial charge in [0.05, 0.1) is 13.1 Å². The van der Waals surface area contributed by atoms with Gasteiger partial charge in [-0.3, -0.25) is 33.7 Å². The van der Waals surface area contributed by atoms with Gasteiger partial charge in [0.2, 0.25) is 17.7 Å². The maximum absolute atomic E-state index is 12.0. The van der Waals surface area contributed by atoms with Crippen molar-refractivity contribution in [3.63, 3.8) is 0 Å². The third-order valence-corrected chi connectivity index (χ3v) is 8.91. The van der Waals surface area contributed by atoms with Crippen molar-refractivity contribution in [1.82, 2.24) is 20.9 Å². The van der Waals surface area contributed by atoms with Crippen molar-refractivity contribution in [2.24, 2.45) is 0 Å². The van der Waals surface area contributed by atoms with Gasteiger partial charge in [-0.1, -0.05) is 41.9 Å². The molecule has 1 heterocycles. The fourth-order valence-corrected chi connectivity index (χ4v) is 5.76. The highest BCUT2D eigenvalue weighted by atomic mass is 33.1. The second-order valence-electron chi connectivity index (χ2n) is 9.11. The number of hydrogen-bond donors (Lipinski definition) is 3. The molecule has 214 valence electrons. The lowest BCUT2D eigenvalue weighted by atomic mass is 10.1. The quantitative estimate of drug-likeness (QED) is 0.102. The van der Waals surface area contributed by atoms with E-state index in [9.17, 15) is 28.8 Å². The third-order valence-electron chi connectivity index (χ3n) is 5.76. The predicted molar refractivity (Wildman–Crippen MR) is 151 cm³/mol. The summed E-state index contributed by atoms with van der Waals surface area (Å²) in [7, 11) is 3.72. The molecule has 0 saturated carbocycles. The van der Waals surface area contributed by atoms with Crippen LogP contribution in [-0.4, -0.2) is 77.4 Å². The van der Waals surface area contributed by atoms with Crippen LogP contribution in [0.5, 0.6) is 0 Å². The second-order valence-corrected chi connectivity index (χ2v) is 12.0. The number of unbranched alkanes of at least 4 members (excludes halogenated alkanes) is 3. The molecule has 0 saturated heterocycles. The van der Waals surface area contributed by atoms with E-state index in [1.807, 2.05) is 21.6 Å². The zero-order valence-electron chi connectivity index (χ0n) is 22.6. The molecule has 0 aliphatic carbocycles. The highest BCUT2D eigenvalue weighted by Crippen LogP contribution is 2.28. The minimum absolute atomic E-state index is 0.00448. The molecule has 0 aromatic heterocycles. The number of Topliss-reactive ketones (excluding diaryl/α,β-unsaturated/α-hetero) is 1. The fourth-order valence-electron chi connectivity index (χ4n) is 3.29. The van der Waals surface area contributed by atoms with Crippen LogP contribution in [-0.2, 0) is 28.8 Å². The fraction of sp³-hybridized carbons (Fsp3) is 0.692. The summed E-state index contributed by atoms with van der Waals surface area (Å²) in [6, 6.07) is 0. The molecule has 1 aliphatic heterocycles. The van der Waals surface area contributed by atoms with Crippen LogP contribution < -0.4 is 16.0 Å². The van der Waals surface area contributed by atoms with Crippen LogP contribution >= 0.6 is 21.6 Å². The summed E-state index contributed by atoms with van der Waals surface area (Å²) in [4.78, 5) is 71.6. The van der Waals surface area contributed by atoms with Gasteiger partial charge in [-0.2, -0.15) is 0 Å². The second kappa shape index (κ2) is 20.6. The van der Waals surface area contributed by atoms with Gasteiger partial charge < -0.3 is 16.0 Å². The lowest BCUT2D eigenvalue weighted by Crippen LogP contribution is -2.39. The van der Waals surface area contributed by atoms with Crippen molar-refractivity contribution in [2.75, 3.05) is 31.9 Å². The van der Waals surface area contributed by atoms with Gasteiger partial charge in [0.15, 0.2) is 5.78 Å². The van der Waals surface area contributed by atoms with Crippen molar-refractivity contribution in [3.8, 4) is 0 Å². The maximum Gasteiger partial charge on any atom is 0.253 e. The van der Waals surface area contributed by atoms with E-state index in [1.54, 1.807) is 0 Å². The van der Waals surface area contributed by atoms with Crippen LogP contribution in [0.1, 0.15) is 78.1 Å². The molecule has 0 spiro atoms. The Hall–Kier alpha value is -2.34. The molecule has 38 heavy (non-hydrogen) atoms. The van der Waals surface area contributed by atoms with Crippen molar-refractivity contribution in [3.05, 3.63) is 12.2 Å². The number of hydrogen-bond acceptors (Lipinski definition) is 8. The molecule has 1 rings (SSSR count). The van der Waals surface area contributed by atoms with E-state index >= 15 is 0 Å². The normalized spacial score (nSPS) is 13.5. The van der Waals surface area contributed by atoms with E-state index in [2.05, 4.69) is 29.8 Å². The summed E-state index contributed by atoms with van der Waals surface area (Å²) in [6.07, 6.45) is 8.51. The van der Waals surface area contributed by atoms with Crippen LogP contribution in [0.2, 0.25) is 0 Å². The minimum Gasteiger partial charge on any atom is -0.356 e. The number of carbonyl (C=O) groups is 6. The van der Waals surface area contributed by atoms with Gasteiger partial charge in [0.1, 0.15) is 0 Å². The first kappa shape index (κ1) is 33.7. The highest BCUT2D eigenvalue weighted by Gasteiger charge is 2.22. The number of nitrogens with zero attached hydrogens (tertiary/aromatic N) is 1. The molecular formula is C26H42N4O6S2. The first-order valence-electron chi connectivity index (χ1n) is 13.4. The summed E-state index contributed by atoms with van der Waals surface area (Å²) in [5.74, 6) is -0.459. The van der Waals surface area contributed by atoms with Gasteiger partial charge in [-0.15, -0.1) is 0 Å². The van der Waals surface area contributed by atoms with Gasteiger partial charge in [-0.05, 0) is 38.5 Å². The third kappa shape index (κ3) is 16.5. The van der Waals surface area contributed by atoms with Crippen molar-refractivity contribution < 1.29 is 28.8 Å². The summed E-state index contributed by atoms with van der Waals surface area (Å²) < 4.78 is 0. The van der Waals surface area contributed by atoms with E-state index in [-0.39, 0.29) is 55.3 Å². The molecule has 1 unspecified atom stereocenters. The van der Waals surface area contributed by atoms with Crippen LogP contribution in [0.4, 0.5) is 0 Å². The standard InChI is InChI=1S/C26H42N4O6S2/c1-3-20(2)38-37-17-9-15-27-22(32)12-7-6-10-21(31)18-28-24(34)19-29-23(33)11-5-4-8-16-30-25(35)13-14-26(30)36/h13-14,20H,3-12,15-19H2,1-2H3,(H,27,32)(H,28,34)(H,29,33). The molecular weight excluding hydrogens is 528 g/mol. The Morgan fingerprint density at radius 2 is 1.39 bits per heavy atom. The molecule has 0 bridgehead atoms. The zero-order valence-corrected chi connectivity index (χ0v) is 24.2. The van der Waals surface area contributed by atoms with Crippen molar-refractivity contribution in [1.29, 1.82) is 0 Å². The van der Waals surface area contributed by atoms with Gasteiger partial charge in [0.25, 0.3) is 11.8 Å². The molecule has 3 N–H and O–H groups in total. The SMILES string of the molecule is CCC(C)SSCCCNC(=O)CCCCC(=O)CNC(=O)CNC(=O)CCCCCN1C(=O)C=CC1=O. The topological polar surface area (TPSA) is 142 Å². The smallest absolute Gasteiger partial charge is 0.253 e. The Bertz CT molecular complexity index is 819. The van der Waals surface area contributed by atoms with Gasteiger partial charge >= 0.3 is 0 Å². The van der Waals surface area contributed by atoms with Crippen LogP contribution in [0.3, 0.4) is 0 Å². The number of nitrogens with one attached hydrogen (secondary N) is 3. The Kier molecular flexibility index (Phi) is 18.3. The summed E-state index contributed by atoms with van der Waals surface area (Å²) in [6.45, 7) is 5.06. The molecule has 5 amide bonds. The minimum atomic E-state index is -0.439. The van der Waals surface area contributed by atoms with Gasteiger partial charge in [-0.25, -0.2) is 0 Å². The Balaban J connectivity index is 1.95. The summed E-state index contributed by atoms with van der Waals surface area (Å²) in [5.41, 5.74) is 0. The molecule has 10 nitrogen and oxygen atoms in total. The number of amides is 5. The first-order valence-corrected chi connectivity index (χ1v) is 15.7. The predicted octanol–water partition coefficient (Wildman–Crippen LogP) is 2.52. The summed E-state index contributed by atoms with van der Waals surface area (Å²) in [5, 5.41) is 8.56. The number of ketones is 1. The maximum atomic E-state index is 12.0. The van der Waals surface area contributed by atoms with E-state index in [0.717, 1.165) is 18.6 Å². The van der Waals surface area contributed by atoms with Gasteiger partial charge in [0, 0.05) is 55.5 Å². The lowest BCUT2D eigenvalue weighted by molar-refractivity contribution is -0.137. The molecule has 0 fully saturated rings. The average molecular weight is 571 g/mol. The molecule has 0 aromatic carbocycles. The molecule has 0 radical (unpaired) electrons. The average Bonchev–Trinajstić information content (AvgIpc) is 3.22. The largest absolute Gasteiger partial charge is 0.356 e. The molecule has 0 aromatic rings. The van der Waals surface area contributed by atoms with Crippen molar-refractivity contribution >= 4 is 56.9 Å². The van der Waals surface area contributed by atoms with Crippen molar-refractivity contribution in [2.45, 2.75) is 83.3 Å². The molecule has 1 aliphatic rings. The Labute approximate surface area is 233 Å². The van der Waals surface area contributed by atoms with E-state index in [1.165, 1.54) is 17.1 Å². The summed E-state index contributed by atoms with van der Waals surface area (Å²) >= 11 is 0. The van der Waals surface area contributed by atoms with E-state index in [4.69, 9.17) is 0 Å². The van der Waals surface area contributed by atoms with E-state index < -0.39 is 5.91 Å². The first-order chi connectivity index (χ1) is 18.2. The van der Waals surface area contributed by atoms with Crippen LogP contribution in [0.25, 0.3) is 0 Å². The monoisotopic (exact) mass is 570 g/mol. The zero-order chi connectivity index (χ0) is 28.2. The Morgan fingerprint density at radius 3 is 2.08 bits per heavy atom. The lowest BCUT2D eigenvalue weighted by Gasteiger charge is -2.13. The Morgan fingerprint density at radius 1 is 0.789 bits per heavy atom. The molecule has 12 heteroatoms. The van der Waals surface area contributed by atoms with Crippen LogP contribution in [0.15, 0.2) is 12.2 Å². The van der Waals surface area contributed by atoms with Crippen LogP contribution in [0, 0.1) is 0 Å². The molecule has 1 atom stereocenters. The van der Waals surface area contributed by atoms with E-state index in [0.29, 0.717) is 56.9 Å². The number of rotatable bonds is 22. The highest BCUT2D eigenvalue weighted by molar-refractivity contribution is 8.76. The number of carbonyl (C=O) groups excluding carboxylic acids is 6. The number of imide groups is 1.